The van der Waals surface area contributed by atoms with E-state index in [1.54, 1.807) is 19.2 Å². The van der Waals surface area contributed by atoms with Gasteiger partial charge in [0.2, 0.25) is 5.91 Å². The van der Waals surface area contributed by atoms with E-state index in [0.717, 1.165) is 12.8 Å². The molecule has 7 heteroatoms. The molecule has 1 aliphatic carbocycles. The van der Waals surface area contributed by atoms with Crippen LogP contribution in [0.1, 0.15) is 37.2 Å². The van der Waals surface area contributed by atoms with Crippen LogP contribution in [0.4, 0.5) is 5.13 Å². The Morgan fingerprint density at radius 2 is 2.32 bits per heavy atom. The number of thiazole rings is 1. The van der Waals surface area contributed by atoms with Crippen molar-refractivity contribution in [3.8, 4) is 0 Å². The van der Waals surface area contributed by atoms with Crippen molar-refractivity contribution >= 4 is 28.3 Å². The summed E-state index contributed by atoms with van der Waals surface area (Å²) in [6.07, 6.45) is 2.12. The molecule has 0 bridgehead atoms. The first-order valence-electron chi connectivity index (χ1n) is 6.29. The van der Waals surface area contributed by atoms with Gasteiger partial charge in [-0.3, -0.25) is 4.79 Å². The number of rotatable bonds is 6. The molecule has 19 heavy (non-hydrogen) atoms. The molecule has 1 fully saturated rings. The summed E-state index contributed by atoms with van der Waals surface area (Å²) in [6.45, 7) is 3.83. The van der Waals surface area contributed by atoms with E-state index in [4.69, 9.17) is 4.74 Å². The summed E-state index contributed by atoms with van der Waals surface area (Å²) >= 11 is 1.28. The molecule has 1 aromatic heterocycles. The Bertz CT molecular complexity index is 471. The molecule has 6 nitrogen and oxygen atoms in total. The van der Waals surface area contributed by atoms with E-state index < -0.39 is 5.97 Å². The van der Waals surface area contributed by atoms with Gasteiger partial charge in [-0.1, -0.05) is 0 Å². The predicted octanol–water partition coefficient (Wildman–Crippen LogP) is 1.40. The number of hydrogen-bond acceptors (Lipinski definition) is 6. The van der Waals surface area contributed by atoms with Gasteiger partial charge in [-0.25, -0.2) is 9.78 Å². The summed E-state index contributed by atoms with van der Waals surface area (Å²) in [6, 6.07) is -0.0371. The second kappa shape index (κ2) is 6.01. The van der Waals surface area contributed by atoms with Crippen molar-refractivity contribution in [2.45, 2.75) is 38.8 Å². The third kappa shape index (κ3) is 3.92. The predicted molar refractivity (Wildman–Crippen MR) is 72.3 cm³/mol. The summed E-state index contributed by atoms with van der Waals surface area (Å²) in [5.41, 5.74) is 0.268. The van der Waals surface area contributed by atoms with Crippen LogP contribution in [0, 0.1) is 0 Å². The molecule has 104 valence electrons. The Morgan fingerprint density at radius 1 is 1.58 bits per heavy atom. The van der Waals surface area contributed by atoms with Crippen LogP contribution in [0.25, 0.3) is 0 Å². The normalized spacial score (nSPS) is 15.7. The number of aromatic nitrogens is 1. The van der Waals surface area contributed by atoms with E-state index in [2.05, 4.69) is 15.6 Å². The molecule has 0 spiro atoms. The number of carbonyl (C=O) groups is 2. The van der Waals surface area contributed by atoms with Gasteiger partial charge in [-0.15, -0.1) is 11.3 Å². The maximum absolute atomic E-state index is 11.8. The number of esters is 1. The molecule has 1 atom stereocenters. The van der Waals surface area contributed by atoms with Crippen molar-refractivity contribution in [2.75, 3.05) is 11.9 Å². The molecule has 2 rings (SSSR count). The Kier molecular flexibility index (Phi) is 4.36. The molecule has 0 aromatic carbocycles. The highest BCUT2D eigenvalue weighted by Crippen LogP contribution is 2.20. The molecule has 1 amide bonds. The highest BCUT2D eigenvalue weighted by Gasteiger charge is 2.26. The summed E-state index contributed by atoms with van der Waals surface area (Å²) in [5, 5.41) is 8.05. The van der Waals surface area contributed by atoms with Crippen molar-refractivity contribution < 1.29 is 14.3 Å². The van der Waals surface area contributed by atoms with Crippen LogP contribution < -0.4 is 10.6 Å². The summed E-state index contributed by atoms with van der Waals surface area (Å²) in [5.74, 6) is -0.489. The van der Waals surface area contributed by atoms with Gasteiger partial charge in [0.05, 0.1) is 6.61 Å². The molecule has 0 aliphatic heterocycles. The largest absolute Gasteiger partial charge is 0.461 e. The molecule has 1 aliphatic rings. The number of nitrogens with one attached hydrogen (secondary N) is 2. The Hall–Kier alpha value is -1.63. The van der Waals surface area contributed by atoms with Crippen molar-refractivity contribution in [1.82, 2.24) is 10.3 Å². The van der Waals surface area contributed by atoms with E-state index in [9.17, 15) is 9.59 Å². The van der Waals surface area contributed by atoms with Crippen LogP contribution in [0.15, 0.2) is 5.38 Å². The van der Waals surface area contributed by atoms with Gasteiger partial charge in [0, 0.05) is 11.4 Å². The van der Waals surface area contributed by atoms with E-state index in [1.807, 2.05) is 0 Å². The molecule has 2 N–H and O–H groups in total. The van der Waals surface area contributed by atoms with Crippen LogP contribution in [0.3, 0.4) is 0 Å². The molecule has 1 aromatic rings. The zero-order valence-electron chi connectivity index (χ0n) is 10.9. The highest BCUT2D eigenvalue weighted by atomic mass is 32.1. The second-order valence-electron chi connectivity index (χ2n) is 4.41. The molecule has 1 unspecified atom stereocenters. The van der Waals surface area contributed by atoms with E-state index in [-0.39, 0.29) is 17.6 Å². The fraction of sp³-hybridized carbons (Fsp3) is 0.583. The first-order chi connectivity index (χ1) is 9.10. The lowest BCUT2D eigenvalue weighted by Gasteiger charge is -2.12. The minimum Gasteiger partial charge on any atom is -0.461 e. The number of amides is 1. The fourth-order valence-corrected chi connectivity index (χ4v) is 2.21. The summed E-state index contributed by atoms with van der Waals surface area (Å²) in [4.78, 5) is 27.3. The van der Waals surface area contributed by atoms with Gasteiger partial charge >= 0.3 is 5.97 Å². The maximum Gasteiger partial charge on any atom is 0.357 e. The molecular weight excluding hydrogens is 266 g/mol. The van der Waals surface area contributed by atoms with Gasteiger partial charge in [-0.2, -0.15) is 0 Å². The molecule has 0 radical (unpaired) electrons. The van der Waals surface area contributed by atoms with E-state index >= 15 is 0 Å². The monoisotopic (exact) mass is 283 g/mol. The Morgan fingerprint density at radius 3 is 2.95 bits per heavy atom. The zero-order chi connectivity index (χ0) is 13.8. The molecule has 1 saturated carbocycles. The Labute approximate surface area is 115 Å². The third-order valence-corrected chi connectivity index (χ3v) is 3.42. The lowest BCUT2D eigenvalue weighted by Crippen LogP contribution is -2.38. The lowest BCUT2D eigenvalue weighted by molar-refractivity contribution is -0.121. The number of hydrogen-bond donors (Lipinski definition) is 2. The van der Waals surface area contributed by atoms with Crippen LogP contribution in [0.5, 0.6) is 0 Å². The molecule has 0 saturated heterocycles. The van der Waals surface area contributed by atoms with Gasteiger partial charge in [-0.05, 0) is 26.7 Å². The topological polar surface area (TPSA) is 80.3 Å². The smallest absolute Gasteiger partial charge is 0.357 e. The summed E-state index contributed by atoms with van der Waals surface area (Å²) in [7, 11) is 0. The van der Waals surface area contributed by atoms with E-state index in [0.29, 0.717) is 17.8 Å². The van der Waals surface area contributed by atoms with Crippen LogP contribution >= 0.6 is 11.3 Å². The molecule has 1 heterocycles. The van der Waals surface area contributed by atoms with Crippen molar-refractivity contribution in [3.63, 3.8) is 0 Å². The number of carbonyl (C=O) groups excluding carboxylic acids is 2. The van der Waals surface area contributed by atoms with Crippen LogP contribution in [-0.4, -0.2) is 35.6 Å². The van der Waals surface area contributed by atoms with Gasteiger partial charge in [0.1, 0.15) is 6.04 Å². The van der Waals surface area contributed by atoms with Crippen molar-refractivity contribution in [3.05, 3.63) is 11.1 Å². The number of nitrogens with zero attached hydrogens (tertiary/aromatic N) is 1. The molecular formula is C12H17N3O3S. The van der Waals surface area contributed by atoms with E-state index in [1.165, 1.54) is 11.3 Å². The second-order valence-corrected chi connectivity index (χ2v) is 5.27. The Balaban J connectivity index is 1.87. The minimum atomic E-state index is -0.443. The average molecular weight is 283 g/mol. The number of ether oxygens (including phenoxy) is 1. The van der Waals surface area contributed by atoms with Gasteiger partial charge in [0.25, 0.3) is 0 Å². The minimum absolute atomic E-state index is 0.0459. The van der Waals surface area contributed by atoms with Crippen molar-refractivity contribution in [1.29, 1.82) is 0 Å². The quantitative estimate of drug-likeness (QED) is 0.771. The maximum atomic E-state index is 11.8. The highest BCUT2D eigenvalue weighted by molar-refractivity contribution is 7.13. The number of anilines is 1. The fourth-order valence-electron chi connectivity index (χ4n) is 1.44. The SMILES string of the molecule is CCOC(=O)c1csc(NC(C)C(=O)NC2CC2)n1. The summed E-state index contributed by atoms with van der Waals surface area (Å²) < 4.78 is 4.85. The average Bonchev–Trinajstić information content (AvgIpc) is 3.05. The van der Waals surface area contributed by atoms with Crippen LogP contribution in [-0.2, 0) is 9.53 Å². The zero-order valence-corrected chi connectivity index (χ0v) is 11.8. The third-order valence-electron chi connectivity index (χ3n) is 2.65. The van der Waals surface area contributed by atoms with Gasteiger partial charge in [0.15, 0.2) is 10.8 Å². The van der Waals surface area contributed by atoms with Gasteiger partial charge < -0.3 is 15.4 Å². The lowest BCUT2D eigenvalue weighted by atomic mass is 10.3. The first kappa shape index (κ1) is 13.8. The first-order valence-corrected chi connectivity index (χ1v) is 7.17. The van der Waals surface area contributed by atoms with Crippen LogP contribution in [0.2, 0.25) is 0 Å². The van der Waals surface area contributed by atoms with Crippen molar-refractivity contribution in [2.24, 2.45) is 0 Å². The standard InChI is InChI=1S/C12H17N3O3S/c1-3-18-11(17)9-6-19-12(15-9)13-7(2)10(16)14-8-4-5-8/h6-8H,3-5H2,1-2H3,(H,13,15)(H,14,16).